The molecule has 1 aliphatic heterocycles. The number of hydrogen-bond acceptors (Lipinski definition) is 10. The Labute approximate surface area is 212 Å². The molecule has 1 fully saturated rings. The summed E-state index contributed by atoms with van der Waals surface area (Å²) in [5.74, 6) is -1.30. The number of amides is 3. The van der Waals surface area contributed by atoms with Gasteiger partial charge < -0.3 is 20.7 Å². The third-order valence-corrected chi connectivity index (χ3v) is 5.99. The summed E-state index contributed by atoms with van der Waals surface area (Å²) in [5, 5.41) is 18.5. The van der Waals surface area contributed by atoms with Crippen LogP contribution in [0.4, 0.5) is 30.7 Å². The molecule has 0 aliphatic carbocycles. The lowest BCUT2D eigenvalue weighted by atomic mass is 10.1. The molecule has 3 N–H and O–H groups in total. The standard InChI is InChI=1S/C22H20FN7O6S/c1-12(31)24-8-15-11-29(22(33)36-15)14-3-4-16(17(23)6-14)18-5-2-13(7-26-18)25-9-19(32)28-21-27-10-20(37-21)30(34)35/h2-7,10,15,25H,8-9,11H2,1H3,(H,24,31)(H,27,28,32)/t15-/m0/s1. The number of carbonyl (C=O) groups is 3. The molecule has 37 heavy (non-hydrogen) atoms. The molecule has 3 heterocycles. The average molecular weight is 530 g/mol. The molecule has 0 spiro atoms. The van der Waals surface area contributed by atoms with Crippen molar-refractivity contribution in [2.75, 3.05) is 35.2 Å². The molecule has 0 radical (unpaired) electrons. The fourth-order valence-corrected chi connectivity index (χ4v) is 4.04. The summed E-state index contributed by atoms with van der Waals surface area (Å²) >= 11 is 0.743. The molecule has 0 unspecified atom stereocenters. The second-order valence-corrected chi connectivity index (χ2v) is 8.82. The van der Waals surface area contributed by atoms with E-state index in [0.717, 1.165) is 17.5 Å². The van der Waals surface area contributed by atoms with Gasteiger partial charge in [0.1, 0.15) is 18.1 Å². The number of thiazole rings is 1. The minimum atomic E-state index is -0.631. The maximum absolute atomic E-state index is 14.9. The molecule has 1 aromatic carbocycles. The smallest absolute Gasteiger partial charge is 0.414 e. The maximum Gasteiger partial charge on any atom is 0.414 e. The topological polar surface area (TPSA) is 169 Å². The van der Waals surface area contributed by atoms with Crippen LogP contribution in [0.25, 0.3) is 11.3 Å². The van der Waals surface area contributed by atoms with E-state index in [9.17, 15) is 28.9 Å². The molecule has 0 bridgehead atoms. The molecule has 4 rings (SSSR count). The van der Waals surface area contributed by atoms with Gasteiger partial charge in [-0.15, -0.1) is 0 Å². The quantitative estimate of drug-likeness (QED) is 0.279. The first-order valence-electron chi connectivity index (χ1n) is 10.8. The second kappa shape index (κ2) is 10.9. The monoisotopic (exact) mass is 529 g/mol. The Kier molecular flexibility index (Phi) is 7.52. The van der Waals surface area contributed by atoms with Crippen molar-refractivity contribution in [3.05, 3.63) is 58.7 Å². The molecule has 13 nitrogen and oxygen atoms in total. The maximum atomic E-state index is 14.9. The number of ether oxygens (including phenoxy) is 1. The van der Waals surface area contributed by atoms with Gasteiger partial charge in [0.2, 0.25) is 11.8 Å². The Morgan fingerprint density at radius 3 is 2.73 bits per heavy atom. The molecular formula is C22H20FN7O6S. The molecule has 0 saturated carbocycles. The van der Waals surface area contributed by atoms with E-state index in [2.05, 4.69) is 25.9 Å². The van der Waals surface area contributed by atoms with Crippen LogP contribution in [0.1, 0.15) is 6.92 Å². The summed E-state index contributed by atoms with van der Waals surface area (Å²) in [6.07, 6.45) is 1.31. The molecule has 3 aromatic rings. The first-order chi connectivity index (χ1) is 17.7. The Bertz CT molecular complexity index is 1350. The zero-order valence-corrected chi connectivity index (χ0v) is 20.1. The number of carbonyl (C=O) groups excluding carboxylic acids is 3. The van der Waals surface area contributed by atoms with E-state index >= 15 is 0 Å². The number of anilines is 3. The van der Waals surface area contributed by atoms with Crippen LogP contribution < -0.4 is 20.9 Å². The van der Waals surface area contributed by atoms with Crippen molar-refractivity contribution in [3.63, 3.8) is 0 Å². The molecule has 2 aromatic heterocycles. The van der Waals surface area contributed by atoms with Crippen LogP contribution in [-0.2, 0) is 14.3 Å². The Morgan fingerprint density at radius 1 is 1.27 bits per heavy atom. The third-order valence-electron chi connectivity index (χ3n) is 5.13. The van der Waals surface area contributed by atoms with Gasteiger partial charge in [-0.3, -0.25) is 29.6 Å². The lowest BCUT2D eigenvalue weighted by Gasteiger charge is -2.14. The summed E-state index contributed by atoms with van der Waals surface area (Å²) in [4.78, 5) is 54.6. The normalized spacial score (nSPS) is 14.7. The van der Waals surface area contributed by atoms with Crippen LogP contribution in [0.2, 0.25) is 0 Å². The SMILES string of the molecule is CC(=O)NC[C@H]1CN(c2ccc(-c3ccc(NCC(=O)Nc4ncc([N+](=O)[O-])s4)cn3)c(F)c2)C(=O)O1. The molecule has 1 aliphatic rings. The first-order valence-corrected chi connectivity index (χ1v) is 11.6. The van der Waals surface area contributed by atoms with Gasteiger partial charge in [-0.25, -0.2) is 14.2 Å². The summed E-state index contributed by atoms with van der Waals surface area (Å²) in [7, 11) is 0. The third kappa shape index (κ3) is 6.32. The molecule has 1 atom stereocenters. The van der Waals surface area contributed by atoms with Crippen molar-refractivity contribution in [2.24, 2.45) is 0 Å². The summed E-state index contributed by atoms with van der Waals surface area (Å²) in [6, 6.07) is 7.45. The summed E-state index contributed by atoms with van der Waals surface area (Å²) in [5.41, 5.74) is 1.35. The number of benzene rings is 1. The van der Waals surface area contributed by atoms with Crippen LogP contribution in [0.5, 0.6) is 0 Å². The van der Waals surface area contributed by atoms with E-state index < -0.39 is 28.8 Å². The number of nitrogens with one attached hydrogen (secondary N) is 3. The first kappa shape index (κ1) is 25.4. The predicted octanol–water partition coefficient (Wildman–Crippen LogP) is 2.76. The number of nitro groups is 1. The van der Waals surface area contributed by atoms with Crippen molar-refractivity contribution in [1.29, 1.82) is 0 Å². The van der Waals surface area contributed by atoms with Gasteiger partial charge >= 0.3 is 11.1 Å². The van der Waals surface area contributed by atoms with E-state index in [0.29, 0.717) is 17.1 Å². The predicted molar refractivity (Wildman–Crippen MR) is 132 cm³/mol. The van der Waals surface area contributed by atoms with Crippen molar-refractivity contribution in [1.82, 2.24) is 15.3 Å². The number of hydrogen-bond donors (Lipinski definition) is 3. The molecule has 192 valence electrons. The van der Waals surface area contributed by atoms with Gasteiger partial charge in [0.15, 0.2) is 5.13 Å². The van der Waals surface area contributed by atoms with Crippen molar-refractivity contribution >= 4 is 50.8 Å². The van der Waals surface area contributed by atoms with Crippen LogP contribution in [0, 0.1) is 15.9 Å². The minimum absolute atomic E-state index is 0.108. The van der Waals surface area contributed by atoms with Gasteiger partial charge in [-0.05, 0) is 41.7 Å². The number of halogens is 1. The van der Waals surface area contributed by atoms with Crippen molar-refractivity contribution < 1.29 is 28.4 Å². The summed E-state index contributed by atoms with van der Waals surface area (Å²) < 4.78 is 20.1. The van der Waals surface area contributed by atoms with E-state index in [1.165, 1.54) is 30.2 Å². The van der Waals surface area contributed by atoms with Gasteiger partial charge in [0, 0.05) is 12.5 Å². The minimum Gasteiger partial charge on any atom is -0.442 e. The molecule has 1 saturated heterocycles. The Hall–Kier alpha value is -4.66. The highest BCUT2D eigenvalue weighted by molar-refractivity contribution is 7.18. The number of rotatable bonds is 9. The van der Waals surface area contributed by atoms with Crippen LogP contribution in [0.15, 0.2) is 42.7 Å². The average Bonchev–Trinajstić information content (AvgIpc) is 3.48. The second-order valence-electron chi connectivity index (χ2n) is 7.81. The zero-order valence-electron chi connectivity index (χ0n) is 19.3. The Morgan fingerprint density at radius 2 is 2.08 bits per heavy atom. The highest BCUT2D eigenvalue weighted by atomic mass is 32.1. The van der Waals surface area contributed by atoms with Crippen LogP contribution in [0.3, 0.4) is 0 Å². The van der Waals surface area contributed by atoms with Crippen molar-refractivity contribution in [3.8, 4) is 11.3 Å². The molecular weight excluding hydrogens is 509 g/mol. The van der Waals surface area contributed by atoms with E-state index in [1.807, 2.05) is 0 Å². The number of aromatic nitrogens is 2. The largest absolute Gasteiger partial charge is 0.442 e. The zero-order chi connectivity index (χ0) is 26.5. The van der Waals surface area contributed by atoms with E-state index in [1.54, 1.807) is 18.2 Å². The van der Waals surface area contributed by atoms with Crippen LogP contribution >= 0.6 is 11.3 Å². The fraction of sp³-hybridized carbons (Fsp3) is 0.227. The Balaban J connectivity index is 1.34. The lowest BCUT2D eigenvalue weighted by molar-refractivity contribution is -0.380. The molecule has 15 heteroatoms. The number of nitrogens with zero attached hydrogens (tertiary/aromatic N) is 4. The van der Waals surface area contributed by atoms with Gasteiger partial charge in [-0.1, -0.05) is 0 Å². The van der Waals surface area contributed by atoms with Gasteiger partial charge in [-0.2, -0.15) is 0 Å². The highest BCUT2D eigenvalue weighted by Gasteiger charge is 2.32. The number of pyridine rings is 1. The van der Waals surface area contributed by atoms with Crippen molar-refractivity contribution in [2.45, 2.75) is 13.0 Å². The highest BCUT2D eigenvalue weighted by Crippen LogP contribution is 2.29. The van der Waals surface area contributed by atoms with Gasteiger partial charge in [0.25, 0.3) is 0 Å². The molecule has 3 amide bonds. The van der Waals surface area contributed by atoms with Crippen LogP contribution in [-0.4, -0.2) is 58.5 Å². The van der Waals surface area contributed by atoms with E-state index in [-0.39, 0.29) is 41.2 Å². The number of cyclic esters (lactones) is 1. The van der Waals surface area contributed by atoms with Gasteiger partial charge in [0.05, 0.1) is 47.8 Å². The summed E-state index contributed by atoms with van der Waals surface area (Å²) in [6.45, 7) is 1.55. The lowest BCUT2D eigenvalue weighted by Crippen LogP contribution is -2.33. The van der Waals surface area contributed by atoms with E-state index in [4.69, 9.17) is 4.74 Å². The fourth-order valence-electron chi connectivity index (χ4n) is 3.39.